The Morgan fingerprint density at radius 2 is 1.18 bits per heavy atom. The molecule has 0 radical (unpaired) electrons. The van der Waals surface area contributed by atoms with Crippen LogP contribution in [0.1, 0.15) is 58.4 Å². The van der Waals surface area contributed by atoms with Crippen molar-refractivity contribution in [2.45, 2.75) is 26.1 Å². The lowest BCUT2D eigenvalue weighted by Gasteiger charge is -2.14. The Morgan fingerprint density at radius 1 is 0.714 bits per heavy atom. The van der Waals surface area contributed by atoms with Gasteiger partial charge in [0.25, 0.3) is 0 Å². The number of ether oxygens (including phenoxy) is 2. The molecule has 7 heteroatoms. The SMILES string of the molecule is C[C@H](OC(=O)c1cccc(C(=O)O[C@H](C)c2ccccn2)n1)c1ccccn1. The van der Waals surface area contributed by atoms with Crippen molar-refractivity contribution in [1.29, 1.82) is 0 Å². The van der Waals surface area contributed by atoms with Crippen molar-refractivity contribution in [3.63, 3.8) is 0 Å². The van der Waals surface area contributed by atoms with Gasteiger partial charge in [0.2, 0.25) is 0 Å². The molecule has 142 valence electrons. The van der Waals surface area contributed by atoms with Gasteiger partial charge in [-0.15, -0.1) is 0 Å². The van der Waals surface area contributed by atoms with Crippen LogP contribution in [0.4, 0.5) is 0 Å². The molecule has 0 aliphatic carbocycles. The van der Waals surface area contributed by atoms with Gasteiger partial charge in [-0.2, -0.15) is 0 Å². The fourth-order valence-corrected chi connectivity index (χ4v) is 2.46. The molecule has 0 spiro atoms. The topological polar surface area (TPSA) is 91.3 Å². The van der Waals surface area contributed by atoms with E-state index in [1.807, 2.05) is 12.1 Å². The quantitative estimate of drug-likeness (QED) is 0.605. The van der Waals surface area contributed by atoms with Crippen LogP contribution >= 0.6 is 0 Å². The van der Waals surface area contributed by atoms with Gasteiger partial charge in [0, 0.05) is 12.4 Å². The maximum absolute atomic E-state index is 12.4. The number of aromatic nitrogens is 3. The Hall–Kier alpha value is -3.61. The monoisotopic (exact) mass is 377 g/mol. The highest BCUT2D eigenvalue weighted by Crippen LogP contribution is 2.17. The van der Waals surface area contributed by atoms with Crippen molar-refractivity contribution in [3.8, 4) is 0 Å². The third-order valence-electron chi connectivity index (χ3n) is 3.94. The molecule has 7 nitrogen and oxygen atoms in total. The lowest BCUT2D eigenvalue weighted by Crippen LogP contribution is -2.16. The van der Waals surface area contributed by atoms with Crippen molar-refractivity contribution in [2.24, 2.45) is 0 Å². The number of esters is 2. The molecule has 0 unspecified atom stereocenters. The predicted octanol–water partition coefficient (Wildman–Crippen LogP) is 3.71. The van der Waals surface area contributed by atoms with Gasteiger partial charge >= 0.3 is 11.9 Å². The number of hydrogen-bond acceptors (Lipinski definition) is 7. The van der Waals surface area contributed by atoms with Crippen LogP contribution in [0.25, 0.3) is 0 Å². The molecule has 3 aromatic heterocycles. The highest BCUT2D eigenvalue weighted by molar-refractivity contribution is 5.91. The minimum atomic E-state index is -0.648. The van der Waals surface area contributed by atoms with Gasteiger partial charge in [0.15, 0.2) is 0 Å². The van der Waals surface area contributed by atoms with Crippen molar-refractivity contribution in [1.82, 2.24) is 15.0 Å². The summed E-state index contributed by atoms with van der Waals surface area (Å²) < 4.78 is 10.8. The molecule has 0 fully saturated rings. The Balaban J connectivity index is 1.67. The lowest BCUT2D eigenvalue weighted by atomic mass is 10.2. The Bertz CT molecular complexity index is 873. The second kappa shape index (κ2) is 8.85. The lowest BCUT2D eigenvalue weighted by molar-refractivity contribution is 0.0313. The second-order valence-electron chi connectivity index (χ2n) is 6.01. The summed E-state index contributed by atoms with van der Waals surface area (Å²) in [5, 5.41) is 0. The van der Waals surface area contributed by atoms with Gasteiger partial charge in [-0.3, -0.25) is 9.97 Å². The van der Waals surface area contributed by atoms with Crippen molar-refractivity contribution < 1.29 is 19.1 Å². The minimum Gasteiger partial charge on any atom is -0.451 e. The fraction of sp³-hybridized carbons (Fsp3) is 0.190. The number of carbonyl (C=O) groups is 2. The van der Waals surface area contributed by atoms with Gasteiger partial charge in [-0.1, -0.05) is 18.2 Å². The van der Waals surface area contributed by atoms with Gasteiger partial charge in [0.05, 0.1) is 11.4 Å². The average molecular weight is 377 g/mol. The first-order valence-corrected chi connectivity index (χ1v) is 8.75. The van der Waals surface area contributed by atoms with Crippen molar-refractivity contribution in [3.05, 3.63) is 89.8 Å². The molecule has 0 saturated carbocycles. The first-order chi connectivity index (χ1) is 13.5. The van der Waals surface area contributed by atoms with Crippen LogP contribution < -0.4 is 0 Å². The molecular formula is C21H19N3O4. The molecule has 0 aromatic carbocycles. The summed E-state index contributed by atoms with van der Waals surface area (Å²) in [6, 6.07) is 15.2. The van der Waals surface area contributed by atoms with Gasteiger partial charge in [-0.25, -0.2) is 14.6 Å². The maximum Gasteiger partial charge on any atom is 0.357 e. The molecule has 0 aliphatic heterocycles. The first-order valence-electron chi connectivity index (χ1n) is 8.75. The summed E-state index contributed by atoms with van der Waals surface area (Å²) in [6.07, 6.45) is 2.15. The summed E-state index contributed by atoms with van der Waals surface area (Å²) in [5.74, 6) is -1.30. The van der Waals surface area contributed by atoms with E-state index in [1.54, 1.807) is 56.6 Å². The van der Waals surface area contributed by atoms with Crippen LogP contribution in [0.5, 0.6) is 0 Å². The highest BCUT2D eigenvalue weighted by Gasteiger charge is 2.20. The summed E-state index contributed by atoms with van der Waals surface area (Å²) in [5.41, 5.74) is 1.27. The molecule has 2 atom stereocenters. The van der Waals surface area contributed by atoms with E-state index in [9.17, 15) is 9.59 Å². The Morgan fingerprint density at radius 3 is 1.57 bits per heavy atom. The molecule has 28 heavy (non-hydrogen) atoms. The van der Waals surface area contributed by atoms with E-state index in [4.69, 9.17) is 9.47 Å². The summed E-state index contributed by atoms with van der Waals surface area (Å²) in [7, 11) is 0. The van der Waals surface area contributed by atoms with E-state index < -0.39 is 24.1 Å². The second-order valence-corrected chi connectivity index (χ2v) is 6.01. The summed E-state index contributed by atoms with van der Waals surface area (Å²) >= 11 is 0. The zero-order valence-corrected chi connectivity index (χ0v) is 15.5. The minimum absolute atomic E-state index is 0.0164. The third-order valence-corrected chi connectivity index (χ3v) is 3.94. The van der Waals surface area contributed by atoms with Crippen LogP contribution in [-0.4, -0.2) is 26.9 Å². The first kappa shape index (κ1) is 19.2. The number of rotatable bonds is 6. The van der Waals surface area contributed by atoms with E-state index >= 15 is 0 Å². The van der Waals surface area contributed by atoms with Crippen LogP contribution in [0.3, 0.4) is 0 Å². The molecule has 0 saturated heterocycles. The van der Waals surface area contributed by atoms with E-state index in [0.717, 1.165) is 0 Å². The van der Waals surface area contributed by atoms with Crippen LogP contribution in [-0.2, 0) is 9.47 Å². The molecule has 3 heterocycles. The van der Waals surface area contributed by atoms with E-state index in [1.165, 1.54) is 12.1 Å². The number of hydrogen-bond donors (Lipinski definition) is 0. The normalized spacial score (nSPS) is 12.6. The van der Waals surface area contributed by atoms with Crippen molar-refractivity contribution in [2.75, 3.05) is 0 Å². The summed E-state index contributed by atoms with van der Waals surface area (Å²) in [4.78, 5) is 37.1. The molecule has 0 bridgehead atoms. The van der Waals surface area contributed by atoms with Gasteiger partial charge < -0.3 is 9.47 Å². The average Bonchev–Trinajstić information content (AvgIpc) is 2.75. The maximum atomic E-state index is 12.4. The van der Waals surface area contributed by atoms with Gasteiger partial charge in [-0.05, 0) is 50.2 Å². The van der Waals surface area contributed by atoms with E-state index in [2.05, 4.69) is 15.0 Å². The molecule has 3 rings (SSSR count). The fourth-order valence-electron chi connectivity index (χ4n) is 2.46. The largest absolute Gasteiger partial charge is 0.451 e. The number of carbonyl (C=O) groups excluding carboxylic acids is 2. The highest BCUT2D eigenvalue weighted by atomic mass is 16.5. The molecule has 3 aromatic rings. The Labute approximate surface area is 162 Å². The standard InChI is InChI=1S/C21H19N3O4/c1-14(16-8-3-5-12-22-16)27-20(25)18-10-7-11-19(24-18)21(26)28-15(2)17-9-4-6-13-23-17/h3-15H,1-2H3/t14-,15+. The van der Waals surface area contributed by atoms with Crippen LogP contribution in [0, 0.1) is 0 Å². The zero-order chi connectivity index (χ0) is 19.9. The number of nitrogens with zero attached hydrogens (tertiary/aromatic N) is 3. The smallest absolute Gasteiger partial charge is 0.357 e. The molecule has 0 amide bonds. The van der Waals surface area contributed by atoms with Crippen LogP contribution in [0.15, 0.2) is 67.0 Å². The van der Waals surface area contributed by atoms with E-state index in [-0.39, 0.29) is 11.4 Å². The van der Waals surface area contributed by atoms with Crippen LogP contribution in [0.2, 0.25) is 0 Å². The molecule has 0 N–H and O–H groups in total. The number of pyridine rings is 3. The summed E-state index contributed by atoms with van der Waals surface area (Å²) in [6.45, 7) is 3.43. The van der Waals surface area contributed by atoms with Gasteiger partial charge in [0.1, 0.15) is 23.6 Å². The van der Waals surface area contributed by atoms with E-state index in [0.29, 0.717) is 11.4 Å². The Kier molecular flexibility index (Phi) is 6.06. The molecular weight excluding hydrogens is 358 g/mol. The van der Waals surface area contributed by atoms with Crippen molar-refractivity contribution >= 4 is 11.9 Å². The zero-order valence-electron chi connectivity index (χ0n) is 15.5. The molecule has 0 aliphatic rings. The predicted molar refractivity (Wildman–Crippen MR) is 100 cm³/mol. The third kappa shape index (κ3) is 4.76.